The summed E-state index contributed by atoms with van der Waals surface area (Å²) in [6, 6.07) is 10.9. The molecule has 0 aliphatic carbocycles. The summed E-state index contributed by atoms with van der Waals surface area (Å²) in [7, 11) is 0. The molecular weight excluding hydrogens is 424 g/mol. The topological polar surface area (TPSA) is 17.8 Å². The van der Waals surface area contributed by atoms with Crippen LogP contribution in [0.2, 0.25) is 0 Å². The lowest BCUT2D eigenvalue weighted by Gasteiger charge is -2.08. The molecule has 0 aliphatic heterocycles. The molecule has 0 amide bonds. The van der Waals surface area contributed by atoms with E-state index in [4.69, 9.17) is 4.98 Å². The van der Waals surface area contributed by atoms with Crippen molar-refractivity contribution in [2.24, 2.45) is 0 Å². The number of nitrogens with zero attached hydrogens (tertiary/aromatic N) is 2. The number of aryl methyl sites for hydroxylation is 4. The van der Waals surface area contributed by atoms with Crippen molar-refractivity contribution in [3.05, 3.63) is 53.6 Å². The van der Waals surface area contributed by atoms with Crippen molar-refractivity contribution in [1.82, 2.24) is 9.55 Å². The zero-order valence-electron chi connectivity index (χ0n) is 23.4. The summed E-state index contributed by atoms with van der Waals surface area (Å²) >= 11 is 0. The minimum Gasteiger partial charge on any atom is -0.335 e. The number of aromatic nitrogens is 2. The second kappa shape index (κ2) is 20.6. The van der Waals surface area contributed by atoms with E-state index < -0.39 is 0 Å². The molecule has 0 radical (unpaired) electrons. The van der Waals surface area contributed by atoms with E-state index in [0.717, 1.165) is 25.8 Å². The summed E-state index contributed by atoms with van der Waals surface area (Å²) in [5.74, 6) is 1.35. The molecule has 2 heteroatoms. The first-order chi connectivity index (χ1) is 17.3. The summed E-state index contributed by atoms with van der Waals surface area (Å²) in [6.07, 6.45) is 30.7. The quantitative estimate of drug-likeness (QED) is 0.145. The predicted molar refractivity (Wildman–Crippen MR) is 154 cm³/mol. The summed E-state index contributed by atoms with van der Waals surface area (Å²) in [6.45, 7) is 5.75. The van der Waals surface area contributed by atoms with Crippen molar-refractivity contribution in [2.45, 2.75) is 155 Å². The molecule has 2 aromatic rings. The maximum absolute atomic E-state index is 5.10. The van der Waals surface area contributed by atoms with Crippen molar-refractivity contribution in [3.8, 4) is 0 Å². The smallest absolute Gasteiger partial charge is 0.108 e. The fraction of sp³-hybridized carbons (Fsp3) is 0.727. The van der Waals surface area contributed by atoms with Gasteiger partial charge in [0.05, 0.1) is 5.69 Å². The molecule has 0 unspecified atom stereocenters. The minimum atomic E-state index is 1.10. The van der Waals surface area contributed by atoms with Crippen LogP contribution in [0.25, 0.3) is 0 Å². The molecule has 0 aliphatic rings. The fourth-order valence-electron chi connectivity index (χ4n) is 5.15. The van der Waals surface area contributed by atoms with Gasteiger partial charge in [0.25, 0.3) is 0 Å². The van der Waals surface area contributed by atoms with Crippen molar-refractivity contribution in [3.63, 3.8) is 0 Å². The van der Waals surface area contributed by atoms with Gasteiger partial charge in [0, 0.05) is 19.2 Å². The molecule has 0 saturated heterocycles. The molecule has 198 valence electrons. The van der Waals surface area contributed by atoms with E-state index in [1.807, 2.05) is 0 Å². The Labute approximate surface area is 218 Å². The summed E-state index contributed by atoms with van der Waals surface area (Å²) in [4.78, 5) is 5.10. The van der Waals surface area contributed by atoms with Crippen LogP contribution in [0.4, 0.5) is 0 Å². The number of imidazole rings is 1. The second-order valence-corrected chi connectivity index (χ2v) is 10.7. The lowest BCUT2D eigenvalue weighted by atomic mass is 10.1. The molecule has 0 atom stereocenters. The van der Waals surface area contributed by atoms with Crippen LogP contribution in [-0.2, 0) is 25.8 Å². The van der Waals surface area contributed by atoms with Crippen LogP contribution in [0.5, 0.6) is 0 Å². The van der Waals surface area contributed by atoms with Gasteiger partial charge < -0.3 is 4.57 Å². The Morgan fingerprint density at radius 2 is 1.09 bits per heavy atom. The van der Waals surface area contributed by atoms with E-state index in [2.05, 4.69) is 54.9 Å². The number of benzene rings is 1. The fourth-order valence-corrected chi connectivity index (χ4v) is 5.15. The van der Waals surface area contributed by atoms with Crippen LogP contribution >= 0.6 is 0 Å². The first-order valence-electron chi connectivity index (χ1n) is 15.4. The molecular formula is C33H56N2. The van der Waals surface area contributed by atoms with Gasteiger partial charge in [-0.25, -0.2) is 4.98 Å². The third-order valence-corrected chi connectivity index (χ3v) is 7.41. The molecule has 0 saturated carbocycles. The van der Waals surface area contributed by atoms with Gasteiger partial charge in [0.2, 0.25) is 0 Å². The Hall–Kier alpha value is -1.57. The van der Waals surface area contributed by atoms with Crippen LogP contribution in [0.1, 0.15) is 147 Å². The molecule has 35 heavy (non-hydrogen) atoms. The Balaban J connectivity index is 1.66. The van der Waals surface area contributed by atoms with Crippen LogP contribution in [-0.4, -0.2) is 9.55 Å². The highest BCUT2D eigenvalue weighted by Gasteiger charge is 2.08. The molecule has 0 fully saturated rings. The molecule has 2 rings (SSSR count). The molecule has 0 spiro atoms. The normalized spacial score (nSPS) is 11.4. The summed E-state index contributed by atoms with van der Waals surface area (Å²) in [5.41, 5.74) is 2.75. The van der Waals surface area contributed by atoms with Gasteiger partial charge in [-0.1, -0.05) is 140 Å². The van der Waals surface area contributed by atoms with E-state index >= 15 is 0 Å². The van der Waals surface area contributed by atoms with Crippen molar-refractivity contribution in [2.75, 3.05) is 0 Å². The van der Waals surface area contributed by atoms with Crippen LogP contribution in [0.3, 0.4) is 0 Å². The standard InChI is InChI=1S/C33H56N2/c1-3-5-7-9-10-11-12-13-14-15-17-22-29-35-30-32(27-23-26-31-24-19-18-20-25-31)34-33(35)28-21-16-8-6-4-2/h18-20,24-25,30H,3-17,21-23,26-29H2,1-2H3. The van der Waals surface area contributed by atoms with Crippen molar-refractivity contribution in [1.29, 1.82) is 0 Å². The van der Waals surface area contributed by atoms with Crippen LogP contribution in [0.15, 0.2) is 36.5 Å². The van der Waals surface area contributed by atoms with Gasteiger partial charge in [-0.3, -0.25) is 0 Å². The van der Waals surface area contributed by atoms with Crippen molar-refractivity contribution >= 4 is 0 Å². The van der Waals surface area contributed by atoms with Gasteiger partial charge in [-0.15, -0.1) is 0 Å². The molecule has 0 bridgehead atoms. The largest absolute Gasteiger partial charge is 0.335 e. The van der Waals surface area contributed by atoms with Gasteiger partial charge in [-0.2, -0.15) is 0 Å². The number of hydrogen-bond donors (Lipinski definition) is 0. The van der Waals surface area contributed by atoms with Crippen LogP contribution in [0, 0.1) is 0 Å². The summed E-state index contributed by atoms with van der Waals surface area (Å²) in [5, 5.41) is 0. The van der Waals surface area contributed by atoms with Gasteiger partial charge in [-0.05, 0) is 37.7 Å². The Morgan fingerprint density at radius 1 is 0.543 bits per heavy atom. The third-order valence-electron chi connectivity index (χ3n) is 7.41. The maximum atomic E-state index is 5.10. The van der Waals surface area contributed by atoms with E-state index in [9.17, 15) is 0 Å². The molecule has 1 aromatic carbocycles. The maximum Gasteiger partial charge on any atom is 0.108 e. The Morgan fingerprint density at radius 3 is 1.69 bits per heavy atom. The number of hydrogen-bond acceptors (Lipinski definition) is 1. The van der Waals surface area contributed by atoms with Crippen LogP contribution < -0.4 is 0 Å². The predicted octanol–water partition coefficient (Wildman–Crippen LogP) is 10.3. The zero-order valence-corrected chi connectivity index (χ0v) is 23.4. The Kier molecular flexibility index (Phi) is 17.5. The average Bonchev–Trinajstić information content (AvgIpc) is 3.26. The highest BCUT2D eigenvalue weighted by molar-refractivity contribution is 5.15. The highest BCUT2D eigenvalue weighted by Crippen LogP contribution is 2.16. The zero-order chi connectivity index (χ0) is 24.8. The minimum absolute atomic E-state index is 1.10. The molecule has 0 N–H and O–H groups in total. The second-order valence-electron chi connectivity index (χ2n) is 10.7. The molecule has 1 heterocycles. The van der Waals surface area contributed by atoms with E-state index in [1.165, 1.54) is 133 Å². The first-order valence-corrected chi connectivity index (χ1v) is 15.4. The summed E-state index contributed by atoms with van der Waals surface area (Å²) < 4.78 is 2.51. The third kappa shape index (κ3) is 14.6. The lowest BCUT2D eigenvalue weighted by Crippen LogP contribution is -2.03. The average molecular weight is 481 g/mol. The van der Waals surface area contributed by atoms with Gasteiger partial charge in [0.15, 0.2) is 0 Å². The van der Waals surface area contributed by atoms with E-state index in [1.54, 1.807) is 0 Å². The number of rotatable bonds is 23. The van der Waals surface area contributed by atoms with Gasteiger partial charge in [0.1, 0.15) is 5.82 Å². The van der Waals surface area contributed by atoms with E-state index in [0.29, 0.717) is 0 Å². The lowest BCUT2D eigenvalue weighted by molar-refractivity contribution is 0.520. The molecule has 2 nitrogen and oxygen atoms in total. The van der Waals surface area contributed by atoms with E-state index in [-0.39, 0.29) is 0 Å². The SMILES string of the molecule is CCCCCCCCCCCCCCn1cc(CCCc2ccccc2)nc1CCCCCCC. The Bertz CT molecular complexity index is 718. The highest BCUT2D eigenvalue weighted by atomic mass is 15.1. The monoisotopic (exact) mass is 480 g/mol. The van der Waals surface area contributed by atoms with Gasteiger partial charge >= 0.3 is 0 Å². The first kappa shape index (κ1) is 29.7. The van der Waals surface area contributed by atoms with Crippen molar-refractivity contribution < 1.29 is 0 Å². The number of unbranched alkanes of at least 4 members (excludes halogenated alkanes) is 15. The molecule has 1 aromatic heterocycles.